The van der Waals surface area contributed by atoms with Crippen LogP contribution < -0.4 is 0 Å². The minimum absolute atomic E-state index is 0.0849. The van der Waals surface area contributed by atoms with Crippen molar-refractivity contribution >= 4 is 5.78 Å². The standard InChI is InChI=1S/C15H19N3O/c1-11(2)9-18-15(16-10-17-18)8-14(19)13-6-4-5-12(3)7-13/h4-7,10-11H,8-9H2,1-3H3. The average Bonchev–Trinajstić information content (AvgIpc) is 2.75. The number of aromatic nitrogens is 3. The van der Waals surface area contributed by atoms with Crippen molar-refractivity contribution < 1.29 is 4.79 Å². The third-order valence-corrected chi connectivity index (χ3v) is 2.89. The molecule has 0 radical (unpaired) electrons. The summed E-state index contributed by atoms with van der Waals surface area (Å²) in [5.41, 5.74) is 1.83. The van der Waals surface area contributed by atoms with E-state index in [-0.39, 0.29) is 5.78 Å². The molecule has 0 bridgehead atoms. The molecule has 2 rings (SSSR count). The molecule has 0 saturated carbocycles. The molecular formula is C15H19N3O. The average molecular weight is 257 g/mol. The minimum atomic E-state index is 0.0849. The van der Waals surface area contributed by atoms with Crippen LogP contribution in [0.2, 0.25) is 0 Å². The molecule has 100 valence electrons. The van der Waals surface area contributed by atoms with Gasteiger partial charge in [0.2, 0.25) is 0 Å². The maximum absolute atomic E-state index is 12.2. The van der Waals surface area contributed by atoms with Gasteiger partial charge in [-0.25, -0.2) is 9.67 Å². The third kappa shape index (κ3) is 3.50. The lowest BCUT2D eigenvalue weighted by molar-refractivity contribution is 0.0989. The molecule has 4 nitrogen and oxygen atoms in total. The highest BCUT2D eigenvalue weighted by Crippen LogP contribution is 2.09. The van der Waals surface area contributed by atoms with Crippen LogP contribution in [0.3, 0.4) is 0 Å². The van der Waals surface area contributed by atoms with Crippen molar-refractivity contribution in [3.05, 3.63) is 47.5 Å². The lowest BCUT2D eigenvalue weighted by atomic mass is 10.1. The number of rotatable bonds is 5. The summed E-state index contributed by atoms with van der Waals surface area (Å²) >= 11 is 0. The summed E-state index contributed by atoms with van der Waals surface area (Å²) in [6.07, 6.45) is 1.82. The molecule has 0 aliphatic carbocycles. The molecule has 1 aromatic carbocycles. The molecule has 0 spiro atoms. The monoisotopic (exact) mass is 257 g/mol. The number of benzene rings is 1. The number of ketones is 1. The van der Waals surface area contributed by atoms with Crippen LogP contribution in [0, 0.1) is 12.8 Å². The van der Waals surface area contributed by atoms with Gasteiger partial charge in [-0.05, 0) is 18.9 Å². The van der Waals surface area contributed by atoms with Crippen molar-refractivity contribution in [2.75, 3.05) is 0 Å². The van der Waals surface area contributed by atoms with Gasteiger partial charge in [0.1, 0.15) is 12.2 Å². The van der Waals surface area contributed by atoms with Crippen molar-refractivity contribution in [1.82, 2.24) is 14.8 Å². The summed E-state index contributed by atoms with van der Waals surface area (Å²) in [6, 6.07) is 7.64. The normalized spacial score (nSPS) is 10.9. The zero-order valence-electron chi connectivity index (χ0n) is 11.6. The Kier molecular flexibility index (Phi) is 4.10. The zero-order valence-corrected chi connectivity index (χ0v) is 11.6. The largest absolute Gasteiger partial charge is 0.294 e. The van der Waals surface area contributed by atoms with Gasteiger partial charge in [0.25, 0.3) is 0 Å². The number of hydrogen-bond acceptors (Lipinski definition) is 3. The molecule has 0 atom stereocenters. The van der Waals surface area contributed by atoms with E-state index in [1.807, 2.05) is 35.9 Å². The summed E-state index contributed by atoms with van der Waals surface area (Å²) in [5.74, 6) is 1.30. The first kappa shape index (κ1) is 13.5. The molecule has 0 fully saturated rings. The summed E-state index contributed by atoms with van der Waals surface area (Å²) in [6.45, 7) is 7.01. The quantitative estimate of drug-likeness (QED) is 0.774. The second-order valence-corrected chi connectivity index (χ2v) is 5.22. The maximum atomic E-state index is 12.2. The number of carbonyl (C=O) groups is 1. The lowest BCUT2D eigenvalue weighted by Gasteiger charge is -2.08. The van der Waals surface area contributed by atoms with Crippen LogP contribution in [0.1, 0.15) is 35.6 Å². The molecule has 0 aliphatic rings. The Morgan fingerprint density at radius 2 is 2.16 bits per heavy atom. The van der Waals surface area contributed by atoms with E-state index in [1.54, 1.807) is 0 Å². The van der Waals surface area contributed by atoms with Crippen LogP contribution >= 0.6 is 0 Å². The van der Waals surface area contributed by atoms with Crippen LogP contribution in [0.25, 0.3) is 0 Å². The van der Waals surface area contributed by atoms with Crippen LogP contribution in [0.15, 0.2) is 30.6 Å². The second kappa shape index (κ2) is 5.78. The van der Waals surface area contributed by atoms with Crippen LogP contribution in [-0.2, 0) is 13.0 Å². The first-order chi connectivity index (χ1) is 9.06. The van der Waals surface area contributed by atoms with Crippen molar-refractivity contribution in [3.63, 3.8) is 0 Å². The lowest BCUT2D eigenvalue weighted by Crippen LogP contribution is -2.14. The first-order valence-corrected chi connectivity index (χ1v) is 6.53. The number of aryl methyl sites for hydroxylation is 1. The van der Waals surface area contributed by atoms with E-state index in [2.05, 4.69) is 23.9 Å². The molecule has 1 heterocycles. The van der Waals surface area contributed by atoms with E-state index in [0.717, 1.165) is 23.5 Å². The van der Waals surface area contributed by atoms with E-state index in [9.17, 15) is 4.79 Å². The van der Waals surface area contributed by atoms with Gasteiger partial charge in [0.05, 0.1) is 6.42 Å². The number of carbonyl (C=O) groups excluding carboxylic acids is 1. The van der Waals surface area contributed by atoms with Gasteiger partial charge >= 0.3 is 0 Å². The molecule has 2 aromatic rings. The molecule has 4 heteroatoms. The van der Waals surface area contributed by atoms with Gasteiger partial charge in [-0.3, -0.25) is 4.79 Å². The summed E-state index contributed by atoms with van der Waals surface area (Å²) in [7, 11) is 0. The predicted molar refractivity (Wildman–Crippen MR) is 74.1 cm³/mol. The zero-order chi connectivity index (χ0) is 13.8. The van der Waals surface area contributed by atoms with Gasteiger partial charge in [0.15, 0.2) is 5.78 Å². The van der Waals surface area contributed by atoms with E-state index in [0.29, 0.717) is 12.3 Å². The van der Waals surface area contributed by atoms with E-state index >= 15 is 0 Å². The van der Waals surface area contributed by atoms with Crippen LogP contribution in [0.4, 0.5) is 0 Å². The second-order valence-electron chi connectivity index (χ2n) is 5.22. The van der Waals surface area contributed by atoms with Crippen LogP contribution in [-0.4, -0.2) is 20.5 Å². The molecule has 0 saturated heterocycles. The summed E-state index contributed by atoms with van der Waals surface area (Å²) in [5, 5.41) is 4.17. The third-order valence-electron chi connectivity index (χ3n) is 2.89. The highest BCUT2D eigenvalue weighted by molar-refractivity contribution is 5.97. The first-order valence-electron chi connectivity index (χ1n) is 6.53. The molecule has 0 amide bonds. The van der Waals surface area contributed by atoms with E-state index < -0.39 is 0 Å². The Hall–Kier alpha value is -1.97. The summed E-state index contributed by atoms with van der Waals surface area (Å²) in [4.78, 5) is 16.4. The highest BCUT2D eigenvalue weighted by atomic mass is 16.1. The topological polar surface area (TPSA) is 47.8 Å². The Labute approximate surface area is 113 Å². The summed E-state index contributed by atoms with van der Waals surface area (Å²) < 4.78 is 1.82. The predicted octanol–water partition coefficient (Wildman–Crippen LogP) is 2.67. The number of Topliss-reactive ketones (excluding diaryl/α,β-unsaturated/α-hetero) is 1. The Morgan fingerprint density at radius 3 is 2.84 bits per heavy atom. The van der Waals surface area contributed by atoms with Crippen molar-refractivity contribution in [2.24, 2.45) is 5.92 Å². The number of nitrogens with zero attached hydrogens (tertiary/aromatic N) is 3. The van der Waals surface area contributed by atoms with Crippen molar-refractivity contribution in [1.29, 1.82) is 0 Å². The fourth-order valence-electron chi connectivity index (χ4n) is 1.99. The Bertz CT molecular complexity index is 572. The van der Waals surface area contributed by atoms with Gasteiger partial charge in [-0.2, -0.15) is 5.10 Å². The van der Waals surface area contributed by atoms with Gasteiger partial charge in [-0.15, -0.1) is 0 Å². The molecule has 0 unspecified atom stereocenters. The molecular weight excluding hydrogens is 238 g/mol. The van der Waals surface area contributed by atoms with Gasteiger partial charge in [-0.1, -0.05) is 37.6 Å². The van der Waals surface area contributed by atoms with Gasteiger partial charge < -0.3 is 0 Å². The van der Waals surface area contributed by atoms with Crippen LogP contribution in [0.5, 0.6) is 0 Å². The smallest absolute Gasteiger partial charge is 0.170 e. The Balaban J connectivity index is 2.13. The molecule has 0 N–H and O–H groups in total. The van der Waals surface area contributed by atoms with Gasteiger partial charge in [0, 0.05) is 12.1 Å². The van der Waals surface area contributed by atoms with E-state index in [1.165, 1.54) is 6.33 Å². The van der Waals surface area contributed by atoms with Crippen molar-refractivity contribution in [2.45, 2.75) is 33.7 Å². The fraction of sp³-hybridized carbons (Fsp3) is 0.400. The van der Waals surface area contributed by atoms with E-state index in [4.69, 9.17) is 0 Å². The number of hydrogen-bond donors (Lipinski definition) is 0. The van der Waals surface area contributed by atoms with Crippen molar-refractivity contribution in [3.8, 4) is 0 Å². The Morgan fingerprint density at radius 1 is 1.37 bits per heavy atom. The molecule has 1 aromatic heterocycles. The molecule has 19 heavy (non-hydrogen) atoms. The highest BCUT2D eigenvalue weighted by Gasteiger charge is 2.12. The maximum Gasteiger partial charge on any atom is 0.170 e. The SMILES string of the molecule is Cc1cccc(C(=O)Cc2ncnn2CC(C)C)c1. The fourth-order valence-corrected chi connectivity index (χ4v) is 1.99. The molecule has 0 aliphatic heterocycles. The minimum Gasteiger partial charge on any atom is -0.294 e.